The fourth-order valence-electron chi connectivity index (χ4n) is 4.30. The highest BCUT2D eigenvalue weighted by molar-refractivity contribution is 6.35. The minimum atomic E-state index is -0.666. The Bertz CT molecular complexity index is 1750. The van der Waals surface area contributed by atoms with E-state index >= 15 is 0 Å². The number of imide groups is 1. The maximum absolute atomic E-state index is 13.0. The fraction of sp³-hybridized carbons (Fsp3) is 0.0938. The monoisotopic (exact) mass is 593 g/mol. The third kappa shape index (κ3) is 6.32. The van der Waals surface area contributed by atoms with E-state index in [9.17, 15) is 19.6 Å². The van der Waals surface area contributed by atoms with Crippen LogP contribution in [0, 0.1) is 11.3 Å². The number of halogens is 1. The lowest BCUT2D eigenvalue weighted by Gasteiger charge is -2.19. The molecule has 0 radical (unpaired) electrons. The number of carbonyl (C=O) groups is 3. The summed E-state index contributed by atoms with van der Waals surface area (Å²) in [6.45, 7) is 2.27. The first kappa shape index (κ1) is 28.9. The second kappa shape index (κ2) is 12.9. The number of anilines is 3. The molecule has 0 saturated heterocycles. The van der Waals surface area contributed by atoms with Crippen molar-refractivity contribution in [3.8, 4) is 17.6 Å². The zero-order valence-corrected chi connectivity index (χ0v) is 23.6. The number of hydrogen-bond donors (Lipinski definition) is 2. The molecule has 3 amide bonds. The Morgan fingerprint density at radius 3 is 2.33 bits per heavy atom. The highest BCUT2D eigenvalue weighted by atomic mass is 35.5. The van der Waals surface area contributed by atoms with Crippen molar-refractivity contribution in [2.45, 2.75) is 13.5 Å². The maximum Gasteiger partial charge on any atom is 0.267 e. The Morgan fingerprint density at radius 2 is 1.67 bits per heavy atom. The van der Waals surface area contributed by atoms with Crippen molar-refractivity contribution < 1.29 is 23.9 Å². The van der Waals surface area contributed by atoms with Gasteiger partial charge in [0.25, 0.3) is 17.7 Å². The molecule has 10 nitrogen and oxygen atoms in total. The van der Waals surface area contributed by atoms with E-state index in [4.69, 9.17) is 21.1 Å². The van der Waals surface area contributed by atoms with Gasteiger partial charge in [-0.2, -0.15) is 5.26 Å². The van der Waals surface area contributed by atoms with Gasteiger partial charge in [-0.25, -0.2) is 4.90 Å². The molecular weight excluding hydrogens is 570 g/mol. The first-order valence-corrected chi connectivity index (χ1v) is 13.5. The summed E-state index contributed by atoms with van der Waals surface area (Å²) in [6.07, 6.45) is 2.91. The van der Waals surface area contributed by atoms with Crippen molar-refractivity contribution in [1.29, 1.82) is 5.26 Å². The smallest absolute Gasteiger partial charge is 0.267 e. The number of carbonyl (C=O) groups excluding carboxylic acids is 3. The van der Waals surface area contributed by atoms with Gasteiger partial charge in [0, 0.05) is 29.8 Å². The van der Waals surface area contributed by atoms with Gasteiger partial charge in [0.2, 0.25) is 0 Å². The molecule has 0 unspecified atom stereocenters. The van der Waals surface area contributed by atoms with E-state index in [1.165, 1.54) is 12.3 Å². The van der Waals surface area contributed by atoms with E-state index in [-0.39, 0.29) is 35.2 Å². The molecule has 5 rings (SSSR count). The van der Waals surface area contributed by atoms with Gasteiger partial charge in [0.15, 0.2) is 0 Å². The zero-order chi connectivity index (χ0) is 30.3. The molecule has 2 heterocycles. The molecule has 0 spiro atoms. The number of ether oxygens (including phenoxy) is 2. The van der Waals surface area contributed by atoms with E-state index in [0.29, 0.717) is 28.3 Å². The molecule has 2 N–H and O–H groups in total. The minimum absolute atomic E-state index is 0.214. The molecule has 3 aromatic carbocycles. The third-order valence-electron chi connectivity index (χ3n) is 6.33. The fourth-order valence-corrected chi connectivity index (χ4v) is 4.54. The standard InChI is InChI=1S/C32H24ClN5O5/c1-2-42-29-16-21(10-12-27(29)38-31(40)24-8-3-4-9-25(24)32(38)41)36-18-20(17-34)30(39)37-22-11-13-28(26(33)15-22)43-19-23-7-5-6-14-35-23/h3-16,18,36H,2,19H2,1H3,(H,37,39)/b20-18+. The number of nitriles is 1. The SMILES string of the molecule is CCOc1cc(N/C=C(\C#N)C(=O)Nc2ccc(OCc3ccccn3)c(Cl)c2)ccc1N1C(=O)c2ccccc2C1=O. The van der Waals surface area contributed by atoms with Crippen LogP contribution in [0.1, 0.15) is 33.3 Å². The maximum atomic E-state index is 13.0. The third-order valence-corrected chi connectivity index (χ3v) is 6.63. The van der Waals surface area contributed by atoms with Crippen LogP contribution < -0.4 is 25.0 Å². The summed E-state index contributed by atoms with van der Waals surface area (Å²) in [7, 11) is 0. The molecule has 0 saturated carbocycles. The molecule has 11 heteroatoms. The number of hydrogen-bond acceptors (Lipinski definition) is 8. The number of amides is 3. The lowest BCUT2D eigenvalue weighted by atomic mass is 10.1. The predicted molar refractivity (Wildman–Crippen MR) is 161 cm³/mol. The average Bonchev–Trinajstić information content (AvgIpc) is 3.27. The van der Waals surface area contributed by atoms with Crippen LogP contribution in [-0.4, -0.2) is 29.3 Å². The number of aromatic nitrogens is 1. The normalized spacial score (nSPS) is 12.4. The second-order valence-electron chi connectivity index (χ2n) is 9.13. The Kier molecular flexibility index (Phi) is 8.65. The molecule has 1 aliphatic rings. The van der Waals surface area contributed by atoms with Crippen molar-refractivity contribution in [3.05, 3.63) is 119 Å². The topological polar surface area (TPSA) is 134 Å². The number of nitrogens with zero attached hydrogens (tertiary/aromatic N) is 3. The van der Waals surface area contributed by atoms with Crippen LogP contribution in [0.4, 0.5) is 17.1 Å². The Labute approximate surface area is 252 Å². The summed E-state index contributed by atoms with van der Waals surface area (Å²) in [6, 6.07) is 23.4. The lowest BCUT2D eigenvalue weighted by molar-refractivity contribution is -0.112. The molecule has 4 aromatic rings. The van der Waals surface area contributed by atoms with Crippen molar-refractivity contribution in [2.24, 2.45) is 0 Å². The number of fused-ring (bicyclic) bond motifs is 1. The summed E-state index contributed by atoms with van der Waals surface area (Å²) in [4.78, 5) is 44.1. The summed E-state index contributed by atoms with van der Waals surface area (Å²) < 4.78 is 11.4. The summed E-state index contributed by atoms with van der Waals surface area (Å²) >= 11 is 6.33. The van der Waals surface area contributed by atoms with Crippen molar-refractivity contribution in [3.63, 3.8) is 0 Å². The number of nitrogens with one attached hydrogen (secondary N) is 2. The van der Waals surface area contributed by atoms with Gasteiger partial charge in [-0.1, -0.05) is 29.8 Å². The zero-order valence-electron chi connectivity index (χ0n) is 22.8. The van der Waals surface area contributed by atoms with E-state index in [2.05, 4.69) is 15.6 Å². The van der Waals surface area contributed by atoms with Gasteiger partial charge < -0.3 is 20.1 Å². The molecule has 43 heavy (non-hydrogen) atoms. The molecule has 0 bridgehead atoms. The molecule has 214 valence electrons. The minimum Gasteiger partial charge on any atom is -0.492 e. The second-order valence-corrected chi connectivity index (χ2v) is 9.54. The van der Waals surface area contributed by atoms with Crippen LogP contribution in [0.5, 0.6) is 11.5 Å². The van der Waals surface area contributed by atoms with Gasteiger partial charge in [-0.05, 0) is 61.5 Å². The van der Waals surface area contributed by atoms with Crippen LogP contribution >= 0.6 is 11.6 Å². The van der Waals surface area contributed by atoms with Crippen molar-refractivity contribution in [2.75, 3.05) is 22.1 Å². The lowest BCUT2D eigenvalue weighted by Crippen LogP contribution is -2.29. The first-order valence-electron chi connectivity index (χ1n) is 13.1. The number of rotatable bonds is 10. The molecule has 0 atom stereocenters. The van der Waals surface area contributed by atoms with E-state index in [1.807, 2.05) is 24.3 Å². The van der Waals surface area contributed by atoms with Gasteiger partial charge in [0.05, 0.1) is 34.1 Å². The molecule has 0 aliphatic carbocycles. The Morgan fingerprint density at radius 1 is 0.953 bits per heavy atom. The van der Waals surface area contributed by atoms with Crippen LogP contribution in [0.2, 0.25) is 5.02 Å². The Hall–Kier alpha value is -5.66. The molecule has 0 fully saturated rings. The van der Waals surface area contributed by atoms with Gasteiger partial charge >= 0.3 is 0 Å². The Balaban J connectivity index is 1.27. The quantitative estimate of drug-likeness (QED) is 0.130. The molecular formula is C32H24ClN5O5. The summed E-state index contributed by atoms with van der Waals surface area (Å²) in [5.74, 6) is -0.867. The van der Waals surface area contributed by atoms with Gasteiger partial charge in [-0.3, -0.25) is 19.4 Å². The largest absolute Gasteiger partial charge is 0.492 e. The summed E-state index contributed by atoms with van der Waals surface area (Å²) in [5.41, 5.74) is 2.26. The van der Waals surface area contributed by atoms with Crippen molar-refractivity contribution in [1.82, 2.24) is 4.98 Å². The molecule has 1 aliphatic heterocycles. The number of pyridine rings is 1. The molecule has 1 aromatic heterocycles. The van der Waals surface area contributed by atoms with E-state index < -0.39 is 17.7 Å². The van der Waals surface area contributed by atoms with E-state index in [0.717, 1.165) is 10.6 Å². The van der Waals surface area contributed by atoms with Gasteiger partial charge in [0.1, 0.15) is 29.7 Å². The predicted octanol–water partition coefficient (Wildman–Crippen LogP) is 5.97. The van der Waals surface area contributed by atoms with Crippen LogP contribution in [0.15, 0.2) is 96.8 Å². The van der Waals surface area contributed by atoms with Crippen molar-refractivity contribution >= 4 is 46.4 Å². The van der Waals surface area contributed by atoms with E-state index in [1.54, 1.807) is 67.7 Å². The summed E-state index contributed by atoms with van der Waals surface area (Å²) in [5, 5.41) is 15.4. The van der Waals surface area contributed by atoms with Crippen LogP contribution in [0.25, 0.3) is 0 Å². The average molecular weight is 594 g/mol. The number of benzene rings is 3. The van der Waals surface area contributed by atoms with Crippen LogP contribution in [-0.2, 0) is 11.4 Å². The van der Waals surface area contributed by atoms with Crippen LogP contribution in [0.3, 0.4) is 0 Å². The highest BCUT2D eigenvalue weighted by Crippen LogP contribution is 2.37. The highest BCUT2D eigenvalue weighted by Gasteiger charge is 2.37. The van der Waals surface area contributed by atoms with Gasteiger partial charge in [-0.15, -0.1) is 0 Å². The first-order chi connectivity index (χ1) is 20.9.